The second-order valence-electron chi connectivity index (χ2n) is 6.88. The van der Waals surface area contributed by atoms with E-state index in [0.717, 1.165) is 12.1 Å². The molecular formula is C19H11Cl3F5N3O3. The van der Waals surface area contributed by atoms with Crippen molar-refractivity contribution in [2.24, 2.45) is 5.92 Å². The minimum atomic E-state index is -3.48. The monoisotopic (exact) mass is 529 g/mol. The topological polar surface area (TPSA) is 87.3 Å². The van der Waals surface area contributed by atoms with Crippen LogP contribution in [-0.2, 0) is 9.59 Å². The Balaban J connectivity index is 1.84. The highest BCUT2D eigenvalue weighted by Gasteiger charge is 2.56. The van der Waals surface area contributed by atoms with Crippen molar-refractivity contribution in [1.29, 1.82) is 0 Å². The fourth-order valence-corrected chi connectivity index (χ4v) is 3.37. The number of halogens is 8. The average molecular weight is 531 g/mol. The summed E-state index contributed by atoms with van der Waals surface area (Å²) in [6.07, 6.45) is -3.31. The minimum Gasteiger partial charge on any atom is -0.326 e. The van der Waals surface area contributed by atoms with Crippen LogP contribution in [0.2, 0.25) is 5.02 Å². The van der Waals surface area contributed by atoms with Crippen LogP contribution in [0, 0.1) is 23.4 Å². The quantitative estimate of drug-likeness (QED) is 0.348. The smallest absolute Gasteiger partial charge is 0.315 e. The van der Waals surface area contributed by atoms with Crippen molar-refractivity contribution in [2.45, 2.75) is 17.2 Å². The summed E-state index contributed by atoms with van der Waals surface area (Å²) < 4.78 is 65.6. The molecule has 0 unspecified atom stereocenters. The maximum absolute atomic E-state index is 14.2. The Labute approximate surface area is 197 Å². The van der Waals surface area contributed by atoms with Crippen LogP contribution in [-0.4, -0.2) is 28.5 Å². The first-order valence-corrected chi connectivity index (χ1v) is 10.0. The Morgan fingerprint density at radius 3 is 2.03 bits per heavy atom. The third kappa shape index (κ3) is 5.66. The molecule has 3 N–H and O–H groups in total. The van der Waals surface area contributed by atoms with Gasteiger partial charge in [-0.3, -0.25) is 14.4 Å². The lowest BCUT2D eigenvalue weighted by Gasteiger charge is -2.13. The van der Waals surface area contributed by atoms with E-state index in [4.69, 9.17) is 34.8 Å². The molecular weight excluding hydrogens is 520 g/mol. The molecule has 1 aliphatic rings. The summed E-state index contributed by atoms with van der Waals surface area (Å²) in [5.74, 6) is -8.27. The van der Waals surface area contributed by atoms with E-state index in [9.17, 15) is 36.3 Å². The second kappa shape index (κ2) is 9.32. The van der Waals surface area contributed by atoms with Gasteiger partial charge in [0.05, 0.1) is 27.9 Å². The van der Waals surface area contributed by atoms with Gasteiger partial charge in [0.15, 0.2) is 0 Å². The van der Waals surface area contributed by atoms with Crippen molar-refractivity contribution < 1.29 is 36.3 Å². The fourth-order valence-electron chi connectivity index (χ4n) is 2.67. The largest absolute Gasteiger partial charge is 0.326 e. The van der Waals surface area contributed by atoms with E-state index >= 15 is 0 Å². The Bertz CT molecular complexity index is 1160. The van der Waals surface area contributed by atoms with Crippen LogP contribution >= 0.6 is 34.8 Å². The van der Waals surface area contributed by atoms with Crippen molar-refractivity contribution in [3.05, 3.63) is 52.3 Å². The van der Waals surface area contributed by atoms with Gasteiger partial charge in [-0.05, 0) is 24.6 Å². The van der Waals surface area contributed by atoms with Gasteiger partial charge in [0.2, 0.25) is 5.91 Å². The van der Waals surface area contributed by atoms with E-state index < -0.39 is 73.8 Å². The molecule has 6 nitrogen and oxygen atoms in total. The molecule has 3 amide bonds. The Hall–Kier alpha value is -2.63. The zero-order chi connectivity index (χ0) is 24.7. The van der Waals surface area contributed by atoms with Crippen LogP contribution in [0.1, 0.15) is 16.8 Å². The fraction of sp³-hybridized carbons (Fsp3) is 0.211. The third-order valence-electron chi connectivity index (χ3n) is 4.44. The molecule has 2 aromatic carbocycles. The molecule has 3 rings (SSSR count). The van der Waals surface area contributed by atoms with Crippen LogP contribution < -0.4 is 16.0 Å². The van der Waals surface area contributed by atoms with Crippen molar-refractivity contribution in [1.82, 2.24) is 0 Å². The van der Waals surface area contributed by atoms with Crippen molar-refractivity contribution in [3.8, 4) is 0 Å². The molecule has 1 saturated carbocycles. The lowest BCUT2D eigenvalue weighted by molar-refractivity contribution is -0.126. The summed E-state index contributed by atoms with van der Waals surface area (Å²) >= 11 is 17.4. The zero-order valence-electron chi connectivity index (χ0n) is 15.9. The number of carbonyl (C=O) groups excluding carboxylic acids is 3. The van der Waals surface area contributed by atoms with E-state index in [0.29, 0.717) is 6.07 Å². The molecule has 14 heteroatoms. The first-order valence-electron chi connectivity index (χ1n) is 8.87. The van der Waals surface area contributed by atoms with Gasteiger partial charge in [0, 0.05) is 11.8 Å². The summed E-state index contributed by atoms with van der Waals surface area (Å²) in [6.45, 7) is 0. The lowest BCUT2D eigenvalue weighted by atomic mass is 10.1. The summed E-state index contributed by atoms with van der Waals surface area (Å²) in [6, 6.07) is 2.58. The molecule has 0 spiro atoms. The first kappa shape index (κ1) is 25.0. The van der Waals surface area contributed by atoms with E-state index in [2.05, 4.69) is 5.32 Å². The molecule has 1 fully saturated rings. The predicted octanol–water partition coefficient (Wildman–Crippen LogP) is 5.35. The molecule has 0 saturated heterocycles. The maximum atomic E-state index is 14.2. The molecule has 0 aromatic heterocycles. The van der Waals surface area contributed by atoms with Crippen molar-refractivity contribution in [2.75, 3.05) is 16.0 Å². The van der Waals surface area contributed by atoms with Crippen LogP contribution in [0.15, 0.2) is 24.3 Å². The van der Waals surface area contributed by atoms with E-state index in [1.807, 2.05) is 5.32 Å². The number of amides is 3. The second-order valence-corrected chi connectivity index (χ2v) is 8.80. The molecule has 33 heavy (non-hydrogen) atoms. The Morgan fingerprint density at radius 1 is 0.909 bits per heavy atom. The SMILES string of the molecule is O=C(Nc1cc(NC(=O)C(F)F)c(F)cc1F)c1cc(NC(=O)[C@H]2CC2(Cl)Cl)cc(F)c1Cl. The van der Waals surface area contributed by atoms with Gasteiger partial charge in [0.25, 0.3) is 11.8 Å². The number of carbonyl (C=O) groups is 3. The molecule has 2 aromatic rings. The van der Waals surface area contributed by atoms with E-state index in [-0.39, 0.29) is 18.2 Å². The van der Waals surface area contributed by atoms with Gasteiger partial charge < -0.3 is 16.0 Å². The molecule has 176 valence electrons. The van der Waals surface area contributed by atoms with Crippen LogP contribution in [0.4, 0.5) is 39.0 Å². The molecule has 1 atom stereocenters. The van der Waals surface area contributed by atoms with E-state index in [1.54, 1.807) is 0 Å². The zero-order valence-corrected chi connectivity index (χ0v) is 18.2. The first-order chi connectivity index (χ1) is 15.3. The number of anilines is 3. The van der Waals surface area contributed by atoms with Crippen LogP contribution in [0.3, 0.4) is 0 Å². The number of alkyl halides is 4. The number of benzene rings is 2. The molecule has 0 aliphatic heterocycles. The Morgan fingerprint density at radius 2 is 1.48 bits per heavy atom. The van der Waals surface area contributed by atoms with Gasteiger partial charge in [-0.15, -0.1) is 23.2 Å². The van der Waals surface area contributed by atoms with Crippen molar-refractivity contribution >= 4 is 69.6 Å². The molecule has 0 bridgehead atoms. The maximum Gasteiger partial charge on any atom is 0.315 e. The highest BCUT2D eigenvalue weighted by Crippen LogP contribution is 2.53. The number of hydrogen-bond donors (Lipinski definition) is 3. The van der Waals surface area contributed by atoms with Gasteiger partial charge in [-0.1, -0.05) is 11.6 Å². The summed E-state index contributed by atoms with van der Waals surface area (Å²) in [5.41, 5.74) is -2.31. The van der Waals surface area contributed by atoms with Gasteiger partial charge >= 0.3 is 6.43 Å². The summed E-state index contributed by atoms with van der Waals surface area (Å²) in [4.78, 5) is 35.8. The Kier molecular flexibility index (Phi) is 7.06. The lowest BCUT2D eigenvalue weighted by Crippen LogP contribution is -2.21. The summed E-state index contributed by atoms with van der Waals surface area (Å²) in [7, 11) is 0. The average Bonchev–Trinajstić information content (AvgIpc) is 3.36. The van der Waals surface area contributed by atoms with Crippen LogP contribution in [0.25, 0.3) is 0 Å². The third-order valence-corrected chi connectivity index (χ3v) is 5.66. The highest BCUT2D eigenvalue weighted by molar-refractivity contribution is 6.52. The predicted molar refractivity (Wildman–Crippen MR) is 112 cm³/mol. The normalized spacial score (nSPS) is 16.3. The molecule has 0 heterocycles. The van der Waals surface area contributed by atoms with Gasteiger partial charge in [-0.2, -0.15) is 8.78 Å². The van der Waals surface area contributed by atoms with Crippen molar-refractivity contribution in [3.63, 3.8) is 0 Å². The highest BCUT2D eigenvalue weighted by atomic mass is 35.5. The summed E-state index contributed by atoms with van der Waals surface area (Å²) in [5, 5.41) is 5.13. The van der Waals surface area contributed by atoms with E-state index in [1.165, 1.54) is 5.32 Å². The molecule has 0 radical (unpaired) electrons. The van der Waals surface area contributed by atoms with Gasteiger partial charge in [-0.25, -0.2) is 13.2 Å². The number of hydrogen-bond acceptors (Lipinski definition) is 3. The van der Waals surface area contributed by atoms with Gasteiger partial charge in [0.1, 0.15) is 21.8 Å². The number of rotatable bonds is 6. The standard InChI is InChI=1S/C19H11Cl3F5N3O3/c20-14-7(1-6(2-11(14)25)28-17(32)8-5-19(8,21)22)16(31)29-12-4-13(10(24)3-9(12)23)30-18(33)15(26)27/h1-4,8,15H,5H2,(H,28,32)(H,29,31)(H,30,33)/t8-/m1/s1. The number of nitrogens with one attached hydrogen (secondary N) is 3. The minimum absolute atomic E-state index is 0.166. The van der Waals surface area contributed by atoms with Crippen LogP contribution in [0.5, 0.6) is 0 Å². The molecule has 1 aliphatic carbocycles.